The second-order valence-electron chi connectivity index (χ2n) is 13.5. The van der Waals surface area contributed by atoms with Crippen LogP contribution in [0.25, 0.3) is 0 Å². The van der Waals surface area contributed by atoms with Crippen LogP contribution >= 0.6 is 36.4 Å². The summed E-state index contributed by atoms with van der Waals surface area (Å²) in [6.45, 7) is 6.33. The van der Waals surface area contributed by atoms with Crippen molar-refractivity contribution in [3.8, 4) is 11.5 Å². The molecule has 16 heteroatoms. The van der Waals surface area contributed by atoms with Gasteiger partial charge in [-0.3, -0.25) is 25.1 Å². The number of ether oxygens (including phenoxy) is 1. The van der Waals surface area contributed by atoms with Gasteiger partial charge in [-0.2, -0.15) is 5.11 Å². The number of phenolic OH excluding ortho intramolecular Hbond substituents is 1. The molecule has 0 saturated carbocycles. The van der Waals surface area contributed by atoms with E-state index in [1.807, 2.05) is 72.8 Å². The smallest absolute Gasteiger partial charge is 0.328 e. The quantitative estimate of drug-likeness (QED) is 0.0451. The normalized spacial score (nSPS) is 12.8. The van der Waals surface area contributed by atoms with E-state index in [0.717, 1.165) is 24.5 Å². The molecule has 7 rings (SSSR count). The number of para-hydroxylation sites is 2. The minimum atomic E-state index is -1.31. The lowest BCUT2D eigenvalue weighted by atomic mass is 9.75. The number of hydrogen-bond donors (Lipinski definition) is 5. The number of alkyl halides is 1. The van der Waals surface area contributed by atoms with Gasteiger partial charge in [0.25, 0.3) is 0 Å². The van der Waals surface area contributed by atoms with Gasteiger partial charge in [0.05, 0.1) is 5.69 Å². The zero-order chi connectivity index (χ0) is 43.9. The first-order chi connectivity index (χ1) is 29.5. The van der Waals surface area contributed by atoms with Crippen molar-refractivity contribution >= 4 is 77.3 Å². The SMILES string of the molecule is CC(COc1ccccc1)N(CCCl)Cc1ccccc1.CCC1(c2ccccc2)C(=O)NC(=O)NC1=O.Cl.Cl.Nc1ccc(N=Nc2ccccc2)c(N)n1.Oc1ccccc1. The number of barbiturate groups is 1. The van der Waals surface area contributed by atoms with Gasteiger partial charge in [-0.1, -0.05) is 122 Å². The average molecular weight is 916 g/mol. The molecule has 1 fully saturated rings. The lowest BCUT2D eigenvalue weighted by molar-refractivity contribution is -0.138. The van der Waals surface area contributed by atoms with Gasteiger partial charge in [-0.25, -0.2) is 9.78 Å². The van der Waals surface area contributed by atoms with Crippen molar-refractivity contribution < 1.29 is 24.2 Å². The third kappa shape index (κ3) is 17.1. The number of amides is 4. The van der Waals surface area contributed by atoms with Crippen LogP contribution in [-0.2, 0) is 21.5 Å². The summed E-state index contributed by atoms with van der Waals surface area (Å²) < 4.78 is 5.85. The number of rotatable bonds is 12. The first kappa shape index (κ1) is 52.6. The molecule has 63 heavy (non-hydrogen) atoms. The number of azo groups is 1. The number of carbonyl (C=O) groups excluding carboxylic acids is 3. The lowest BCUT2D eigenvalue weighted by Crippen LogP contribution is -2.64. The monoisotopic (exact) mass is 914 g/mol. The number of aromatic nitrogens is 1. The molecule has 1 saturated heterocycles. The molecule has 1 aromatic heterocycles. The number of halogens is 3. The molecule has 7 N–H and O–H groups in total. The number of urea groups is 1. The van der Waals surface area contributed by atoms with Crippen LogP contribution in [0.5, 0.6) is 11.5 Å². The molecule has 0 aliphatic carbocycles. The minimum Gasteiger partial charge on any atom is -0.508 e. The number of aromatic hydroxyl groups is 1. The number of phenols is 1. The number of nitrogens with one attached hydrogen (secondary N) is 2. The number of benzene rings is 5. The predicted octanol–water partition coefficient (Wildman–Crippen LogP) is 9.79. The maximum atomic E-state index is 12.0. The zero-order valence-electron chi connectivity index (χ0n) is 34.9. The Morgan fingerprint density at radius 2 is 1.24 bits per heavy atom. The van der Waals surface area contributed by atoms with Crippen molar-refractivity contribution in [3.05, 3.63) is 175 Å². The Morgan fingerprint density at radius 1 is 0.730 bits per heavy atom. The predicted molar refractivity (Wildman–Crippen MR) is 255 cm³/mol. The van der Waals surface area contributed by atoms with Gasteiger partial charge in [0.15, 0.2) is 11.2 Å². The van der Waals surface area contributed by atoms with Crippen molar-refractivity contribution in [1.29, 1.82) is 0 Å². The molecule has 4 amide bonds. The highest BCUT2D eigenvalue weighted by Crippen LogP contribution is 2.30. The van der Waals surface area contributed by atoms with Crippen LogP contribution in [0.1, 0.15) is 31.4 Å². The van der Waals surface area contributed by atoms with Gasteiger partial charge < -0.3 is 21.3 Å². The topological polar surface area (TPSA) is 198 Å². The Morgan fingerprint density at radius 3 is 1.73 bits per heavy atom. The van der Waals surface area contributed by atoms with Crippen molar-refractivity contribution in [2.24, 2.45) is 10.2 Å². The number of hydrogen-bond acceptors (Lipinski definition) is 11. The van der Waals surface area contributed by atoms with E-state index in [1.165, 1.54) is 5.56 Å². The van der Waals surface area contributed by atoms with Crippen LogP contribution in [0.2, 0.25) is 0 Å². The molecular formula is C47H53Cl3N8O5. The second-order valence-corrected chi connectivity index (χ2v) is 13.9. The van der Waals surface area contributed by atoms with Crippen molar-refractivity contribution in [1.82, 2.24) is 20.5 Å². The van der Waals surface area contributed by atoms with Crippen LogP contribution < -0.4 is 26.8 Å². The van der Waals surface area contributed by atoms with E-state index in [9.17, 15) is 14.4 Å². The van der Waals surface area contributed by atoms with Crippen LogP contribution in [0.4, 0.5) is 27.8 Å². The largest absolute Gasteiger partial charge is 0.508 e. The summed E-state index contributed by atoms with van der Waals surface area (Å²) >= 11 is 5.94. The van der Waals surface area contributed by atoms with Gasteiger partial charge >= 0.3 is 6.03 Å². The lowest BCUT2D eigenvalue weighted by Gasteiger charge is -2.33. The Bertz CT molecular complexity index is 2250. The third-order valence-electron chi connectivity index (χ3n) is 9.19. The number of pyridine rings is 1. The van der Waals surface area contributed by atoms with Crippen molar-refractivity contribution in [2.75, 3.05) is 30.5 Å². The molecule has 6 aromatic rings. The minimum absolute atomic E-state index is 0. The standard InChI is InChI=1S/C18H22ClNO.C12H12N2O3.C11H11N5.C6H6O.2ClH/c1-16(15-21-18-10-6-3-7-11-18)20(13-12-19)14-17-8-4-2-5-9-17;1-2-12(8-6-4-3-5-7-8)9(15)13-11(17)14-10(12)16;12-10-7-6-9(11(13)14-10)16-15-8-4-2-1-3-5-8;7-6-4-2-1-3-5-6;;/h2-11,16H,12-15H2,1H3;3-7H,2H2,1H3,(H2,13,14,15,16,17);1-7H,(H4,12,13,14);1-5,7H;2*1H. The highest BCUT2D eigenvalue weighted by Gasteiger charge is 2.50. The fourth-order valence-electron chi connectivity index (χ4n) is 5.89. The third-order valence-corrected chi connectivity index (χ3v) is 9.36. The number of carbonyl (C=O) groups is 3. The van der Waals surface area contributed by atoms with Crippen LogP contribution in [-0.4, -0.2) is 57.9 Å². The van der Waals surface area contributed by atoms with E-state index in [4.69, 9.17) is 32.9 Å². The van der Waals surface area contributed by atoms with E-state index in [0.29, 0.717) is 47.8 Å². The van der Waals surface area contributed by atoms with Crippen LogP contribution in [0.15, 0.2) is 174 Å². The molecule has 1 aliphatic rings. The molecule has 5 aromatic carbocycles. The molecule has 1 aliphatic heterocycles. The Balaban J connectivity index is 0.000000299. The van der Waals surface area contributed by atoms with E-state index in [-0.39, 0.29) is 30.6 Å². The fourth-order valence-corrected chi connectivity index (χ4v) is 6.10. The van der Waals surface area contributed by atoms with E-state index in [2.05, 4.69) is 61.9 Å². The summed E-state index contributed by atoms with van der Waals surface area (Å²) in [5.41, 5.74) is 13.0. The first-order valence-corrected chi connectivity index (χ1v) is 20.1. The van der Waals surface area contributed by atoms with Crippen molar-refractivity contribution in [2.45, 2.75) is 38.3 Å². The Hall–Kier alpha value is -6.51. The van der Waals surface area contributed by atoms with Gasteiger partial charge in [-0.05, 0) is 73.0 Å². The van der Waals surface area contributed by atoms with E-state index in [1.54, 1.807) is 73.7 Å². The maximum Gasteiger partial charge on any atom is 0.328 e. The highest BCUT2D eigenvalue weighted by atomic mass is 35.5. The average Bonchev–Trinajstić information content (AvgIpc) is 3.27. The summed E-state index contributed by atoms with van der Waals surface area (Å²) in [5, 5.41) is 20.9. The second kappa shape index (κ2) is 28.2. The summed E-state index contributed by atoms with van der Waals surface area (Å²) in [6.07, 6.45) is 0.294. The van der Waals surface area contributed by atoms with Gasteiger partial charge in [-0.15, -0.1) is 41.5 Å². The summed E-state index contributed by atoms with van der Waals surface area (Å²) in [5.74, 6) is 1.37. The molecule has 1 atom stereocenters. The van der Waals surface area contributed by atoms with Crippen molar-refractivity contribution in [3.63, 3.8) is 0 Å². The van der Waals surface area contributed by atoms with Gasteiger partial charge in [0.2, 0.25) is 11.8 Å². The number of nitrogens with two attached hydrogens (primary N) is 2. The zero-order valence-corrected chi connectivity index (χ0v) is 37.3. The molecule has 0 bridgehead atoms. The van der Waals surface area contributed by atoms with E-state index >= 15 is 0 Å². The summed E-state index contributed by atoms with van der Waals surface area (Å²) in [6, 6.07) is 50.1. The summed E-state index contributed by atoms with van der Waals surface area (Å²) in [7, 11) is 0. The number of imide groups is 2. The Kier molecular flexibility index (Phi) is 23.5. The first-order valence-electron chi connectivity index (χ1n) is 19.5. The molecule has 0 radical (unpaired) electrons. The summed E-state index contributed by atoms with van der Waals surface area (Å²) in [4.78, 5) is 41.2. The molecule has 2 heterocycles. The fraction of sp³-hybridized carbons (Fsp3) is 0.191. The maximum absolute atomic E-state index is 12.0. The van der Waals surface area contributed by atoms with Gasteiger partial charge in [0.1, 0.15) is 29.6 Å². The van der Waals surface area contributed by atoms with Gasteiger partial charge in [0, 0.05) is 25.0 Å². The molecule has 1 unspecified atom stereocenters. The number of anilines is 2. The number of nitrogens with zero attached hydrogens (tertiary/aromatic N) is 4. The van der Waals surface area contributed by atoms with Crippen LogP contribution in [0.3, 0.4) is 0 Å². The molecule has 13 nitrogen and oxygen atoms in total. The molecule has 0 spiro atoms. The molecular weight excluding hydrogens is 863 g/mol. The van der Waals surface area contributed by atoms with E-state index < -0.39 is 23.3 Å². The number of nitrogen functional groups attached to an aromatic ring is 2. The molecule has 332 valence electrons. The highest BCUT2D eigenvalue weighted by molar-refractivity contribution is 6.22. The Labute approximate surface area is 385 Å². The van der Waals surface area contributed by atoms with Crippen LogP contribution in [0, 0.1) is 0 Å².